The van der Waals surface area contributed by atoms with E-state index in [-0.39, 0.29) is 11.6 Å². The van der Waals surface area contributed by atoms with Crippen LogP contribution < -0.4 is 10.2 Å². The molecule has 120 valence electrons. The monoisotopic (exact) mass is 296 g/mol. The molecule has 0 radical (unpaired) electrons. The highest BCUT2D eigenvalue weighted by atomic mass is 16.5. The molecule has 6 nitrogen and oxygen atoms in total. The Hall–Kier alpha value is -1.14. The summed E-state index contributed by atoms with van der Waals surface area (Å²) >= 11 is 0. The summed E-state index contributed by atoms with van der Waals surface area (Å²) < 4.78 is 11.6. The number of ether oxygens (including phenoxy) is 1. The predicted molar refractivity (Wildman–Crippen MR) is 82.4 cm³/mol. The maximum absolute atomic E-state index is 5.84. The van der Waals surface area contributed by atoms with E-state index >= 15 is 0 Å². The molecule has 1 aliphatic rings. The van der Waals surface area contributed by atoms with Gasteiger partial charge in [-0.15, -0.1) is 5.10 Å². The van der Waals surface area contributed by atoms with E-state index in [0.717, 1.165) is 39.0 Å². The van der Waals surface area contributed by atoms with Gasteiger partial charge in [0.25, 0.3) is 0 Å². The van der Waals surface area contributed by atoms with Gasteiger partial charge in [-0.25, -0.2) is 0 Å². The van der Waals surface area contributed by atoms with Crippen LogP contribution in [-0.2, 0) is 11.3 Å². The van der Waals surface area contributed by atoms with Crippen LogP contribution in [0.5, 0.6) is 0 Å². The Balaban J connectivity index is 1.88. The molecule has 0 bridgehead atoms. The molecule has 2 rings (SSSR count). The maximum Gasteiger partial charge on any atom is 0.318 e. The van der Waals surface area contributed by atoms with Crippen LogP contribution in [0.4, 0.5) is 6.01 Å². The molecule has 1 saturated heterocycles. The minimum atomic E-state index is 0.0405. The zero-order chi connectivity index (χ0) is 15.3. The standard InChI is InChI=1S/C15H28N4O2/c1-5-9-20-12-7-6-8-19(11-12)14-18-17-13(21-14)10-16-15(2,3)4/h12,16H,5-11H2,1-4H3. The minimum Gasteiger partial charge on any atom is -0.407 e. The summed E-state index contributed by atoms with van der Waals surface area (Å²) in [6, 6.07) is 0.616. The maximum atomic E-state index is 5.84. The van der Waals surface area contributed by atoms with Gasteiger partial charge in [-0.2, -0.15) is 0 Å². The van der Waals surface area contributed by atoms with Crippen LogP contribution >= 0.6 is 0 Å². The first-order valence-corrected chi connectivity index (χ1v) is 7.92. The van der Waals surface area contributed by atoms with Gasteiger partial charge in [0.1, 0.15) is 0 Å². The first-order chi connectivity index (χ1) is 9.98. The Labute approximate surface area is 127 Å². The summed E-state index contributed by atoms with van der Waals surface area (Å²) in [5, 5.41) is 11.6. The van der Waals surface area contributed by atoms with Crippen molar-refractivity contribution in [1.29, 1.82) is 0 Å². The number of hydrogen-bond donors (Lipinski definition) is 1. The molecule has 0 amide bonds. The molecular formula is C15H28N4O2. The quantitative estimate of drug-likeness (QED) is 0.869. The molecular weight excluding hydrogens is 268 g/mol. The van der Waals surface area contributed by atoms with Gasteiger partial charge in [0.05, 0.1) is 12.6 Å². The number of nitrogens with one attached hydrogen (secondary N) is 1. The number of anilines is 1. The van der Waals surface area contributed by atoms with Crippen LogP contribution in [0.3, 0.4) is 0 Å². The van der Waals surface area contributed by atoms with Crippen molar-refractivity contribution in [1.82, 2.24) is 15.5 Å². The van der Waals surface area contributed by atoms with Gasteiger partial charge in [-0.05, 0) is 40.0 Å². The van der Waals surface area contributed by atoms with Gasteiger partial charge < -0.3 is 19.4 Å². The summed E-state index contributed by atoms with van der Waals surface area (Å²) in [6.07, 6.45) is 3.55. The molecule has 0 aromatic carbocycles. The fourth-order valence-electron chi connectivity index (χ4n) is 2.32. The summed E-state index contributed by atoms with van der Waals surface area (Å²) in [4.78, 5) is 2.14. The van der Waals surface area contributed by atoms with Crippen molar-refractivity contribution < 1.29 is 9.15 Å². The van der Waals surface area contributed by atoms with Crippen LogP contribution in [0.2, 0.25) is 0 Å². The van der Waals surface area contributed by atoms with Crippen LogP contribution in [0.1, 0.15) is 52.8 Å². The number of rotatable bonds is 6. The molecule has 1 aromatic heterocycles. The summed E-state index contributed by atoms with van der Waals surface area (Å²) in [5.74, 6) is 0.636. The fraction of sp³-hybridized carbons (Fsp3) is 0.867. The molecule has 2 heterocycles. The lowest BCUT2D eigenvalue weighted by Crippen LogP contribution is -2.40. The van der Waals surface area contributed by atoms with Gasteiger partial charge >= 0.3 is 6.01 Å². The van der Waals surface area contributed by atoms with Crippen molar-refractivity contribution in [2.45, 2.75) is 65.1 Å². The minimum absolute atomic E-state index is 0.0405. The van der Waals surface area contributed by atoms with Crippen LogP contribution in [0.25, 0.3) is 0 Å². The van der Waals surface area contributed by atoms with Crippen LogP contribution in [0, 0.1) is 0 Å². The molecule has 6 heteroatoms. The van der Waals surface area contributed by atoms with E-state index in [4.69, 9.17) is 9.15 Å². The normalized spacial score (nSPS) is 20.0. The van der Waals surface area contributed by atoms with Crippen molar-refractivity contribution in [3.05, 3.63) is 5.89 Å². The first kappa shape index (κ1) is 16.2. The number of aromatic nitrogens is 2. The van der Waals surface area contributed by atoms with Crippen molar-refractivity contribution >= 4 is 6.01 Å². The molecule has 21 heavy (non-hydrogen) atoms. The van der Waals surface area contributed by atoms with Gasteiger partial charge in [-0.3, -0.25) is 0 Å². The average molecular weight is 296 g/mol. The predicted octanol–water partition coefficient (Wildman–Crippen LogP) is 2.35. The van der Waals surface area contributed by atoms with Crippen LogP contribution in [-0.4, -0.2) is 41.5 Å². The van der Waals surface area contributed by atoms with Crippen molar-refractivity contribution in [3.8, 4) is 0 Å². The molecule has 1 fully saturated rings. The van der Waals surface area contributed by atoms with E-state index in [1.165, 1.54) is 0 Å². The highest BCUT2D eigenvalue weighted by molar-refractivity contribution is 5.25. The molecule has 1 aliphatic heterocycles. The largest absolute Gasteiger partial charge is 0.407 e. The van der Waals surface area contributed by atoms with Gasteiger partial charge in [0.2, 0.25) is 5.89 Å². The Kier molecular flexibility index (Phi) is 5.58. The molecule has 0 aliphatic carbocycles. The highest BCUT2D eigenvalue weighted by Crippen LogP contribution is 2.20. The molecule has 1 N–H and O–H groups in total. The molecule has 0 saturated carbocycles. The van der Waals surface area contributed by atoms with Gasteiger partial charge in [0.15, 0.2) is 0 Å². The highest BCUT2D eigenvalue weighted by Gasteiger charge is 2.24. The molecule has 1 atom stereocenters. The van der Waals surface area contributed by atoms with Crippen molar-refractivity contribution in [3.63, 3.8) is 0 Å². The van der Waals surface area contributed by atoms with Crippen molar-refractivity contribution in [2.24, 2.45) is 0 Å². The lowest BCUT2D eigenvalue weighted by Gasteiger charge is -2.31. The topological polar surface area (TPSA) is 63.4 Å². The first-order valence-electron chi connectivity index (χ1n) is 7.92. The number of piperidine rings is 1. The smallest absolute Gasteiger partial charge is 0.318 e. The average Bonchev–Trinajstić information content (AvgIpc) is 2.91. The molecule has 1 aromatic rings. The van der Waals surface area contributed by atoms with E-state index in [1.807, 2.05) is 0 Å². The lowest BCUT2D eigenvalue weighted by molar-refractivity contribution is 0.0430. The van der Waals surface area contributed by atoms with Crippen molar-refractivity contribution in [2.75, 3.05) is 24.6 Å². The van der Waals surface area contributed by atoms with E-state index < -0.39 is 0 Å². The Morgan fingerprint density at radius 1 is 1.38 bits per heavy atom. The fourth-order valence-corrected chi connectivity index (χ4v) is 2.32. The number of hydrogen-bond acceptors (Lipinski definition) is 6. The molecule has 0 spiro atoms. The van der Waals surface area contributed by atoms with E-state index in [0.29, 0.717) is 18.5 Å². The zero-order valence-corrected chi connectivity index (χ0v) is 13.7. The Morgan fingerprint density at radius 3 is 2.90 bits per heavy atom. The van der Waals surface area contributed by atoms with E-state index in [9.17, 15) is 0 Å². The number of nitrogens with zero attached hydrogens (tertiary/aromatic N) is 3. The van der Waals surface area contributed by atoms with Gasteiger partial charge in [0, 0.05) is 25.2 Å². The Morgan fingerprint density at radius 2 is 2.19 bits per heavy atom. The van der Waals surface area contributed by atoms with E-state index in [1.54, 1.807) is 0 Å². The Bertz CT molecular complexity index is 428. The summed E-state index contributed by atoms with van der Waals surface area (Å²) in [5.41, 5.74) is 0.0405. The SMILES string of the molecule is CCCOC1CCCN(c2nnc(CNC(C)(C)C)o2)C1. The zero-order valence-electron chi connectivity index (χ0n) is 13.7. The third-order valence-corrected chi connectivity index (χ3v) is 3.43. The third kappa shape index (κ3) is 5.28. The second-order valence-electron chi connectivity index (χ2n) is 6.66. The lowest BCUT2D eigenvalue weighted by atomic mass is 10.1. The summed E-state index contributed by atoms with van der Waals surface area (Å²) in [7, 11) is 0. The third-order valence-electron chi connectivity index (χ3n) is 3.43. The summed E-state index contributed by atoms with van der Waals surface area (Å²) in [6.45, 7) is 11.7. The molecule has 1 unspecified atom stereocenters. The second kappa shape index (κ2) is 7.22. The van der Waals surface area contributed by atoms with Crippen LogP contribution in [0.15, 0.2) is 4.42 Å². The van der Waals surface area contributed by atoms with E-state index in [2.05, 4.69) is 48.1 Å². The van der Waals surface area contributed by atoms with Gasteiger partial charge in [-0.1, -0.05) is 12.0 Å². The second-order valence-corrected chi connectivity index (χ2v) is 6.66.